The Labute approximate surface area is 125 Å². The molecule has 0 spiro atoms. The van der Waals surface area contributed by atoms with E-state index in [0.29, 0.717) is 18.8 Å². The number of nitro groups is 1. The van der Waals surface area contributed by atoms with Gasteiger partial charge in [0.25, 0.3) is 5.69 Å². The number of benzene rings is 1. The summed E-state index contributed by atoms with van der Waals surface area (Å²) < 4.78 is 0. The van der Waals surface area contributed by atoms with Crippen LogP contribution in [-0.4, -0.2) is 40.7 Å². The van der Waals surface area contributed by atoms with Gasteiger partial charge < -0.3 is 10.4 Å². The summed E-state index contributed by atoms with van der Waals surface area (Å²) in [4.78, 5) is 12.7. The molecule has 2 N–H and O–H groups in total. The highest BCUT2D eigenvalue weighted by molar-refractivity contribution is 5.62. The SMILES string of the molecule is CCCNc1cc(CN(C)C(C)(C)CO)ccc1[N+](=O)[O-]. The molecule has 0 bridgehead atoms. The van der Waals surface area contributed by atoms with Crippen molar-refractivity contribution in [2.24, 2.45) is 0 Å². The molecule has 1 aromatic carbocycles. The van der Waals surface area contributed by atoms with Crippen LogP contribution in [0.15, 0.2) is 18.2 Å². The second-order valence-electron chi connectivity index (χ2n) is 5.86. The standard InChI is InChI=1S/C15H25N3O3/c1-5-8-16-13-9-12(6-7-14(13)18(20)21)10-17(4)15(2,3)11-19/h6-7,9,16,19H,5,8,10-11H2,1-4H3. The smallest absolute Gasteiger partial charge is 0.292 e. The van der Waals surface area contributed by atoms with E-state index in [1.54, 1.807) is 6.07 Å². The summed E-state index contributed by atoms with van der Waals surface area (Å²) in [6.45, 7) is 7.29. The van der Waals surface area contributed by atoms with Crippen molar-refractivity contribution in [3.63, 3.8) is 0 Å². The molecule has 0 aliphatic rings. The van der Waals surface area contributed by atoms with Gasteiger partial charge in [-0.2, -0.15) is 0 Å². The summed E-state index contributed by atoms with van der Waals surface area (Å²) in [5.41, 5.74) is 1.28. The van der Waals surface area contributed by atoms with Crippen LogP contribution in [-0.2, 0) is 6.54 Å². The lowest BCUT2D eigenvalue weighted by molar-refractivity contribution is -0.384. The van der Waals surface area contributed by atoms with Crippen LogP contribution in [0, 0.1) is 10.1 Å². The molecule has 0 aliphatic heterocycles. The van der Waals surface area contributed by atoms with Crippen molar-refractivity contribution in [3.05, 3.63) is 33.9 Å². The highest BCUT2D eigenvalue weighted by atomic mass is 16.6. The molecule has 0 atom stereocenters. The number of nitrogens with one attached hydrogen (secondary N) is 1. The molecule has 1 rings (SSSR count). The Morgan fingerprint density at radius 3 is 2.62 bits per heavy atom. The van der Waals surface area contributed by atoms with Gasteiger partial charge in [-0.25, -0.2) is 0 Å². The minimum Gasteiger partial charge on any atom is -0.394 e. The Hall–Kier alpha value is -1.66. The van der Waals surface area contributed by atoms with E-state index in [4.69, 9.17) is 0 Å². The van der Waals surface area contributed by atoms with E-state index in [-0.39, 0.29) is 22.8 Å². The summed E-state index contributed by atoms with van der Waals surface area (Å²) in [5.74, 6) is 0. The summed E-state index contributed by atoms with van der Waals surface area (Å²) in [6.07, 6.45) is 0.902. The molecule has 0 saturated heterocycles. The molecular formula is C15H25N3O3. The van der Waals surface area contributed by atoms with E-state index in [1.807, 2.05) is 38.8 Å². The lowest BCUT2D eigenvalue weighted by Gasteiger charge is -2.34. The van der Waals surface area contributed by atoms with Crippen molar-refractivity contribution in [2.45, 2.75) is 39.3 Å². The molecule has 0 aromatic heterocycles. The molecular weight excluding hydrogens is 270 g/mol. The number of hydrogen-bond donors (Lipinski definition) is 2. The summed E-state index contributed by atoms with van der Waals surface area (Å²) >= 11 is 0. The van der Waals surface area contributed by atoms with Crippen LogP contribution in [0.4, 0.5) is 11.4 Å². The van der Waals surface area contributed by atoms with Gasteiger partial charge in [0, 0.05) is 24.7 Å². The van der Waals surface area contributed by atoms with E-state index in [2.05, 4.69) is 5.32 Å². The topological polar surface area (TPSA) is 78.6 Å². The Morgan fingerprint density at radius 2 is 2.10 bits per heavy atom. The van der Waals surface area contributed by atoms with Crippen LogP contribution in [0.2, 0.25) is 0 Å². The Kier molecular flexibility index (Phi) is 6.11. The van der Waals surface area contributed by atoms with Crippen LogP contribution in [0.3, 0.4) is 0 Å². The van der Waals surface area contributed by atoms with Crippen LogP contribution in [0.25, 0.3) is 0 Å². The minimum absolute atomic E-state index is 0.0530. The van der Waals surface area contributed by atoms with Crippen molar-refractivity contribution in [2.75, 3.05) is 25.5 Å². The van der Waals surface area contributed by atoms with Crippen LogP contribution in [0.1, 0.15) is 32.8 Å². The number of likely N-dealkylation sites (N-methyl/N-ethyl adjacent to an activating group) is 1. The Bertz CT molecular complexity index is 489. The Balaban J connectivity index is 2.97. The number of rotatable bonds is 8. The van der Waals surface area contributed by atoms with Gasteiger partial charge in [-0.15, -0.1) is 0 Å². The fraction of sp³-hybridized carbons (Fsp3) is 0.600. The summed E-state index contributed by atoms with van der Waals surface area (Å²) in [5, 5.41) is 23.5. The van der Waals surface area contributed by atoms with Gasteiger partial charge in [-0.05, 0) is 38.9 Å². The molecule has 1 aromatic rings. The fourth-order valence-electron chi connectivity index (χ4n) is 1.85. The van der Waals surface area contributed by atoms with Crippen molar-refractivity contribution in [1.29, 1.82) is 0 Å². The van der Waals surface area contributed by atoms with Crippen molar-refractivity contribution < 1.29 is 10.0 Å². The normalized spacial score (nSPS) is 11.7. The zero-order valence-corrected chi connectivity index (χ0v) is 13.2. The first-order valence-corrected chi connectivity index (χ1v) is 7.15. The van der Waals surface area contributed by atoms with E-state index in [1.165, 1.54) is 6.07 Å². The number of nitro benzene ring substituents is 1. The van der Waals surface area contributed by atoms with E-state index in [0.717, 1.165) is 12.0 Å². The van der Waals surface area contributed by atoms with Gasteiger partial charge in [-0.1, -0.05) is 13.0 Å². The molecule has 6 heteroatoms. The largest absolute Gasteiger partial charge is 0.394 e. The molecule has 0 aliphatic carbocycles. The summed E-state index contributed by atoms with van der Waals surface area (Å²) in [6, 6.07) is 5.12. The highest BCUT2D eigenvalue weighted by Crippen LogP contribution is 2.27. The molecule has 0 amide bonds. The molecule has 0 saturated carbocycles. The van der Waals surface area contributed by atoms with E-state index >= 15 is 0 Å². The first-order valence-electron chi connectivity index (χ1n) is 7.15. The fourth-order valence-corrected chi connectivity index (χ4v) is 1.85. The predicted octanol–water partition coefficient (Wildman–Crippen LogP) is 2.62. The average Bonchev–Trinajstić information content (AvgIpc) is 2.44. The monoisotopic (exact) mass is 295 g/mol. The van der Waals surface area contributed by atoms with Crippen molar-refractivity contribution in [1.82, 2.24) is 4.90 Å². The molecule has 21 heavy (non-hydrogen) atoms. The first kappa shape index (κ1) is 17.4. The maximum Gasteiger partial charge on any atom is 0.292 e. The molecule has 118 valence electrons. The molecule has 6 nitrogen and oxygen atoms in total. The van der Waals surface area contributed by atoms with Gasteiger partial charge in [0.15, 0.2) is 0 Å². The number of hydrogen-bond acceptors (Lipinski definition) is 5. The van der Waals surface area contributed by atoms with Crippen molar-refractivity contribution >= 4 is 11.4 Å². The van der Waals surface area contributed by atoms with E-state index in [9.17, 15) is 15.2 Å². The number of aliphatic hydroxyl groups is 1. The van der Waals surface area contributed by atoms with Crippen molar-refractivity contribution in [3.8, 4) is 0 Å². The van der Waals surface area contributed by atoms with E-state index < -0.39 is 0 Å². The van der Waals surface area contributed by atoms with Gasteiger partial charge in [0.2, 0.25) is 0 Å². The third-order valence-electron chi connectivity index (χ3n) is 3.66. The van der Waals surface area contributed by atoms with Crippen LogP contribution >= 0.6 is 0 Å². The molecule has 0 heterocycles. The maximum absolute atomic E-state index is 11.0. The maximum atomic E-state index is 11.0. The predicted molar refractivity (Wildman–Crippen MR) is 84.5 cm³/mol. The molecule has 0 unspecified atom stereocenters. The number of aliphatic hydroxyl groups excluding tert-OH is 1. The average molecular weight is 295 g/mol. The van der Waals surface area contributed by atoms with Gasteiger partial charge in [0.1, 0.15) is 5.69 Å². The first-order chi connectivity index (χ1) is 9.81. The molecule has 0 fully saturated rings. The Morgan fingerprint density at radius 1 is 1.43 bits per heavy atom. The van der Waals surface area contributed by atoms with Gasteiger partial charge in [0.05, 0.1) is 11.5 Å². The van der Waals surface area contributed by atoms with Crippen LogP contribution < -0.4 is 5.32 Å². The number of anilines is 1. The lowest BCUT2D eigenvalue weighted by Crippen LogP contribution is -2.43. The second-order valence-corrected chi connectivity index (χ2v) is 5.86. The minimum atomic E-state index is -0.372. The quantitative estimate of drug-likeness (QED) is 0.569. The number of nitrogens with zero attached hydrogens (tertiary/aromatic N) is 2. The van der Waals surface area contributed by atoms with Gasteiger partial charge >= 0.3 is 0 Å². The molecule has 0 radical (unpaired) electrons. The zero-order chi connectivity index (χ0) is 16.0. The zero-order valence-electron chi connectivity index (χ0n) is 13.2. The summed E-state index contributed by atoms with van der Waals surface area (Å²) in [7, 11) is 1.93. The third kappa shape index (κ3) is 4.68. The highest BCUT2D eigenvalue weighted by Gasteiger charge is 2.23. The second kappa shape index (κ2) is 7.38. The van der Waals surface area contributed by atoms with Gasteiger partial charge in [-0.3, -0.25) is 15.0 Å². The van der Waals surface area contributed by atoms with Crippen LogP contribution in [0.5, 0.6) is 0 Å². The lowest BCUT2D eigenvalue weighted by atomic mass is 10.0. The third-order valence-corrected chi connectivity index (χ3v) is 3.66.